The van der Waals surface area contributed by atoms with Gasteiger partial charge < -0.3 is 19.9 Å². The van der Waals surface area contributed by atoms with Gasteiger partial charge >= 0.3 is 0 Å². The summed E-state index contributed by atoms with van der Waals surface area (Å²) < 4.78 is 10.5. The highest BCUT2D eigenvalue weighted by Gasteiger charge is 2.41. The molecule has 6 unspecified atom stereocenters. The van der Waals surface area contributed by atoms with Crippen LogP contribution in [0.2, 0.25) is 0 Å². The summed E-state index contributed by atoms with van der Waals surface area (Å²) in [7, 11) is 1.66. The monoisotopic (exact) mass is 285 g/mol. The molecule has 2 saturated carbocycles. The number of methoxy groups -OCH3 is 1. The van der Waals surface area contributed by atoms with Gasteiger partial charge in [0.15, 0.2) is 0 Å². The molecule has 6 atom stereocenters. The van der Waals surface area contributed by atoms with Crippen LogP contribution in [0.25, 0.3) is 0 Å². The number of aliphatic hydroxyl groups is 1. The molecule has 2 N–H and O–H groups in total. The van der Waals surface area contributed by atoms with E-state index >= 15 is 0 Å². The van der Waals surface area contributed by atoms with Crippen LogP contribution in [-0.2, 0) is 9.47 Å². The Morgan fingerprint density at radius 3 is 2.60 bits per heavy atom. The Kier molecular flexibility index (Phi) is 6.27. The fourth-order valence-electron chi connectivity index (χ4n) is 4.00. The highest BCUT2D eigenvalue weighted by molar-refractivity contribution is 4.94. The predicted octanol–water partition coefficient (Wildman–Crippen LogP) is 1.81. The van der Waals surface area contributed by atoms with E-state index in [0.717, 1.165) is 17.8 Å². The van der Waals surface area contributed by atoms with Gasteiger partial charge in [0.25, 0.3) is 0 Å². The molecule has 4 nitrogen and oxygen atoms in total. The quantitative estimate of drug-likeness (QED) is 0.678. The van der Waals surface area contributed by atoms with Crippen molar-refractivity contribution in [2.75, 3.05) is 26.9 Å². The minimum absolute atomic E-state index is 0.0395. The molecular formula is C16H31NO3. The van der Waals surface area contributed by atoms with Gasteiger partial charge in [-0.25, -0.2) is 0 Å². The molecule has 2 aliphatic carbocycles. The summed E-state index contributed by atoms with van der Waals surface area (Å²) in [6, 6.07) is 0.511. The lowest BCUT2D eigenvalue weighted by molar-refractivity contribution is -0.0320. The molecule has 0 spiro atoms. The van der Waals surface area contributed by atoms with Crippen molar-refractivity contribution in [2.24, 2.45) is 17.8 Å². The van der Waals surface area contributed by atoms with E-state index in [1.165, 1.54) is 25.7 Å². The van der Waals surface area contributed by atoms with E-state index in [9.17, 15) is 5.11 Å². The maximum absolute atomic E-state index is 9.96. The Balaban J connectivity index is 1.59. The van der Waals surface area contributed by atoms with Crippen molar-refractivity contribution in [3.8, 4) is 0 Å². The highest BCUT2D eigenvalue weighted by Crippen LogP contribution is 2.49. The molecule has 0 radical (unpaired) electrons. The minimum Gasteiger partial charge on any atom is -0.389 e. The molecule has 0 amide bonds. The van der Waals surface area contributed by atoms with E-state index in [1.54, 1.807) is 7.11 Å². The van der Waals surface area contributed by atoms with Gasteiger partial charge in [-0.1, -0.05) is 6.42 Å². The molecule has 2 aliphatic rings. The molecule has 0 saturated heterocycles. The average molecular weight is 285 g/mol. The summed E-state index contributed by atoms with van der Waals surface area (Å²) in [5, 5.41) is 13.5. The summed E-state index contributed by atoms with van der Waals surface area (Å²) >= 11 is 0. The van der Waals surface area contributed by atoms with Crippen LogP contribution >= 0.6 is 0 Å². The number of aliphatic hydroxyl groups excluding tert-OH is 1. The highest BCUT2D eigenvalue weighted by atomic mass is 16.5. The first-order valence-electron chi connectivity index (χ1n) is 8.12. The first-order chi connectivity index (χ1) is 9.60. The zero-order valence-electron chi connectivity index (χ0n) is 13.2. The van der Waals surface area contributed by atoms with E-state index in [-0.39, 0.29) is 6.10 Å². The molecule has 0 aliphatic heterocycles. The molecule has 0 heterocycles. The zero-order valence-corrected chi connectivity index (χ0v) is 13.2. The number of hydrogen-bond donors (Lipinski definition) is 2. The van der Waals surface area contributed by atoms with Crippen molar-refractivity contribution >= 4 is 0 Å². The van der Waals surface area contributed by atoms with Crippen molar-refractivity contribution in [3.63, 3.8) is 0 Å². The molecule has 20 heavy (non-hydrogen) atoms. The topological polar surface area (TPSA) is 50.7 Å². The minimum atomic E-state index is -0.435. The van der Waals surface area contributed by atoms with Crippen LogP contribution in [0.4, 0.5) is 0 Å². The van der Waals surface area contributed by atoms with Crippen LogP contribution in [0.1, 0.15) is 39.5 Å². The van der Waals surface area contributed by atoms with Gasteiger partial charge in [0, 0.05) is 19.7 Å². The number of nitrogens with one attached hydrogen (secondary N) is 1. The van der Waals surface area contributed by atoms with Crippen LogP contribution in [-0.4, -0.2) is 50.2 Å². The summed E-state index contributed by atoms with van der Waals surface area (Å²) in [5.74, 6) is 2.73. The lowest BCUT2D eigenvalue weighted by Crippen LogP contribution is -2.41. The van der Waals surface area contributed by atoms with Crippen molar-refractivity contribution in [1.82, 2.24) is 5.32 Å². The van der Waals surface area contributed by atoms with Crippen molar-refractivity contribution in [2.45, 2.75) is 57.8 Å². The second kappa shape index (κ2) is 7.74. The number of fused-ring (bicyclic) bond motifs is 2. The van der Waals surface area contributed by atoms with E-state index in [0.29, 0.717) is 25.8 Å². The smallest absolute Gasteiger partial charge is 0.0897 e. The van der Waals surface area contributed by atoms with Gasteiger partial charge in [0.2, 0.25) is 0 Å². The van der Waals surface area contributed by atoms with Gasteiger partial charge in [0.05, 0.1) is 25.4 Å². The van der Waals surface area contributed by atoms with Crippen molar-refractivity contribution < 1.29 is 14.6 Å². The molecule has 2 bridgehead atoms. The van der Waals surface area contributed by atoms with Crippen LogP contribution < -0.4 is 5.32 Å². The first kappa shape index (κ1) is 16.2. The second-order valence-corrected chi connectivity index (χ2v) is 6.79. The third-order valence-corrected chi connectivity index (χ3v) is 5.08. The van der Waals surface area contributed by atoms with Crippen molar-refractivity contribution in [3.05, 3.63) is 0 Å². The third kappa shape index (κ3) is 4.42. The standard InChI is InChI=1S/C16H31NO3/c1-11(9-19-3)20-10-15(18)8-17-12(2)16-7-13-4-5-14(16)6-13/h11-18H,4-10H2,1-3H3. The Morgan fingerprint density at radius 2 is 2.00 bits per heavy atom. The van der Waals surface area contributed by atoms with Gasteiger partial charge in [-0.15, -0.1) is 0 Å². The largest absolute Gasteiger partial charge is 0.389 e. The summed E-state index contributed by atoms with van der Waals surface area (Å²) in [5.41, 5.74) is 0. The van der Waals surface area contributed by atoms with Crippen LogP contribution in [0.5, 0.6) is 0 Å². The fraction of sp³-hybridized carbons (Fsp3) is 1.00. The normalized spacial score (nSPS) is 33.3. The Morgan fingerprint density at radius 1 is 1.20 bits per heavy atom. The molecule has 2 fully saturated rings. The zero-order chi connectivity index (χ0) is 14.5. The first-order valence-corrected chi connectivity index (χ1v) is 8.12. The average Bonchev–Trinajstić information content (AvgIpc) is 3.05. The van der Waals surface area contributed by atoms with E-state index in [2.05, 4.69) is 12.2 Å². The fourth-order valence-corrected chi connectivity index (χ4v) is 4.00. The van der Waals surface area contributed by atoms with Crippen LogP contribution in [0, 0.1) is 17.8 Å². The third-order valence-electron chi connectivity index (χ3n) is 5.08. The Labute approximate surface area is 123 Å². The number of hydrogen-bond acceptors (Lipinski definition) is 4. The van der Waals surface area contributed by atoms with Crippen LogP contribution in [0.15, 0.2) is 0 Å². The van der Waals surface area contributed by atoms with Gasteiger partial charge in [-0.3, -0.25) is 0 Å². The Hall–Kier alpha value is -0.160. The summed E-state index contributed by atoms with van der Waals surface area (Å²) in [6.07, 6.45) is 5.30. The molecule has 0 aromatic heterocycles. The second-order valence-electron chi connectivity index (χ2n) is 6.79. The van der Waals surface area contributed by atoms with Gasteiger partial charge in [0.1, 0.15) is 0 Å². The molecule has 0 aromatic rings. The van der Waals surface area contributed by atoms with Crippen molar-refractivity contribution in [1.29, 1.82) is 0 Å². The molecule has 2 rings (SSSR count). The van der Waals surface area contributed by atoms with Gasteiger partial charge in [-0.2, -0.15) is 0 Å². The van der Waals surface area contributed by atoms with Crippen LogP contribution in [0.3, 0.4) is 0 Å². The van der Waals surface area contributed by atoms with E-state index in [1.807, 2.05) is 6.92 Å². The lowest BCUT2D eigenvalue weighted by Gasteiger charge is -2.29. The molecular weight excluding hydrogens is 254 g/mol. The molecule has 0 aromatic carbocycles. The van der Waals surface area contributed by atoms with E-state index in [4.69, 9.17) is 9.47 Å². The lowest BCUT2D eigenvalue weighted by atomic mass is 9.84. The summed E-state index contributed by atoms with van der Waals surface area (Å²) in [6.45, 7) is 5.80. The Bertz CT molecular complexity index is 287. The maximum atomic E-state index is 9.96. The number of rotatable bonds is 9. The van der Waals surface area contributed by atoms with Gasteiger partial charge in [-0.05, 0) is 50.9 Å². The maximum Gasteiger partial charge on any atom is 0.0897 e. The summed E-state index contributed by atoms with van der Waals surface area (Å²) in [4.78, 5) is 0. The SMILES string of the molecule is COCC(C)OCC(O)CNC(C)C1CC2CCC1C2. The number of ether oxygens (including phenoxy) is 2. The molecule has 4 heteroatoms. The van der Waals surface area contributed by atoms with E-state index < -0.39 is 6.10 Å². The molecule has 118 valence electrons. The predicted molar refractivity (Wildman–Crippen MR) is 79.7 cm³/mol.